The standard InChI is InChI=1S/C11H26O2Si/c1-10(2)7-11(3,4)14(8-12-5)9-13-6/h10,14H,7-9H2,1-6H3. The number of ether oxygens (including phenoxy) is 2. The van der Waals surface area contributed by atoms with Gasteiger partial charge in [-0.25, -0.2) is 0 Å². The van der Waals surface area contributed by atoms with Crippen LogP contribution in [0.2, 0.25) is 5.04 Å². The summed E-state index contributed by atoms with van der Waals surface area (Å²) in [5.41, 5.74) is 0. The molecule has 14 heavy (non-hydrogen) atoms. The molecule has 86 valence electrons. The number of rotatable bonds is 7. The molecule has 2 nitrogen and oxygen atoms in total. The van der Waals surface area contributed by atoms with Gasteiger partial charge >= 0.3 is 0 Å². The molecular weight excluding hydrogens is 192 g/mol. The van der Waals surface area contributed by atoms with E-state index in [9.17, 15) is 0 Å². The molecule has 0 saturated carbocycles. The molecule has 0 aromatic heterocycles. The largest absolute Gasteiger partial charge is 0.388 e. The third-order valence-electron chi connectivity index (χ3n) is 2.78. The van der Waals surface area contributed by atoms with Crippen LogP contribution in [0.5, 0.6) is 0 Å². The Balaban J connectivity index is 4.28. The highest BCUT2D eigenvalue weighted by molar-refractivity contribution is 6.62. The monoisotopic (exact) mass is 218 g/mol. The maximum Gasteiger partial charge on any atom is 0.103 e. The van der Waals surface area contributed by atoms with Gasteiger partial charge in [0, 0.05) is 26.7 Å². The van der Waals surface area contributed by atoms with E-state index in [0.29, 0.717) is 5.04 Å². The van der Waals surface area contributed by atoms with Gasteiger partial charge in [-0.3, -0.25) is 0 Å². The van der Waals surface area contributed by atoms with E-state index in [2.05, 4.69) is 27.7 Å². The molecular formula is C11H26O2Si. The number of hydrogen-bond donors (Lipinski definition) is 0. The van der Waals surface area contributed by atoms with Gasteiger partial charge in [-0.15, -0.1) is 0 Å². The minimum atomic E-state index is -0.943. The lowest BCUT2D eigenvalue weighted by Crippen LogP contribution is -2.38. The fraction of sp³-hybridized carbons (Fsp3) is 1.00. The Labute approximate surface area is 90.6 Å². The Hall–Kier alpha value is 0.137. The van der Waals surface area contributed by atoms with Crippen LogP contribution in [-0.2, 0) is 9.47 Å². The molecule has 0 unspecified atom stereocenters. The summed E-state index contributed by atoms with van der Waals surface area (Å²) >= 11 is 0. The van der Waals surface area contributed by atoms with E-state index in [-0.39, 0.29) is 0 Å². The summed E-state index contributed by atoms with van der Waals surface area (Å²) in [4.78, 5) is 0. The van der Waals surface area contributed by atoms with Gasteiger partial charge in [0.25, 0.3) is 0 Å². The Bertz CT molecular complexity index is 140. The molecule has 0 aliphatic heterocycles. The maximum atomic E-state index is 5.31. The van der Waals surface area contributed by atoms with Gasteiger partial charge in [-0.2, -0.15) is 0 Å². The molecule has 0 aromatic carbocycles. The second-order valence-corrected chi connectivity index (χ2v) is 8.82. The molecule has 0 aliphatic rings. The smallest absolute Gasteiger partial charge is 0.103 e. The average molecular weight is 218 g/mol. The van der Waals surface area contributed by atoms with Crippen molar-refractivity contribution >= 4 is 8.80 Å². The van der Waals surface area contributed by atoms with Gasteiger partial charge in [-0.05, 0) is 17.4 Å². The lowest BCUT2D eigenvalue weighted by atomic mass is 10.00. The lowest BCUT2D eigenvalue weighted by molar-refractivity contribution is 0.214. The van der Waals surface area contributed by atoms with Gasteiger partial charge in [-0.1, -0.05) is 27.7 Å². The Morgan fingerprint density at radius 2 is 1.50 bits per heavy atom. The van der Waals surface area contributed by atoms with Crippen molar-refractivity contribution in [3.05, 3.63) is 0 Å². The van der Waals surface area contributed by atoms with Crippen LogP contribution < -0.4 is 0 Å². The summed E-state index contributed by atoms with van der Waals surface area (Å²) in [5, 5.41) is 0.431. The fourth-order valence-corrected chi connectivity index (χ4v) is 4.73. The molecule has 0 amide bonds. The highest BCUT2D eigenvalue weighted by atomic mass is 28.3. The molecule has 0 spiro atoms. The lowest BCUT2D eigenvalue weighted by Gasteiger charge is -2.33. The van der Waals surface area contributed by atoms with Crippen molar-refractivity contribution in [3.63, 3.8) is 0 Å². The van der Waals surface area contributed by atoms with Crippen LogP contribution in [0.4, 0.5) is 0 Å². The van der Waals surface area contributed by atoms with Crippen LogP contribution in [0.1, 0.15) is 34.1 Å². The second kappa shape index (κ2) is 6.59. The average Bonchev–Trinajstić information content (AvgIpc) is 2.01. The molecule has 3 heteroatoms. The van der Waals surface area contributed by atoms with Gasteiger partial charge in [0.05, 0.1) is 0 Å². The molecule has 0 heterocycles. The fourth-order valence-electron chi connectivity index (χ4n) is 2.12. The molecule has 0 fully saturated rings. The maximum absolute atomic E-state index is 5.31. The minimum absolute atomic E-state index is 0.431. The van der Waals surface area contributed by atoms with Crippen LogP contribution in [0.15, 0.2) is 0 Å². The Morgan fingerprint density at radius 1 is 1.07 bits per heavy atom. The molecule has 0 atom stereocenters. The van der Waals surface area contributed by atoms with Crippen molar-refractivity contribution in [2.45, 2.75) is 39.2 Å². The van der Waals surface area contributed by atoms with E-state index in [1.54, 1.807) is 14.2 Å². The Kier molecular flexibility index (Phi) is 6.65. The third kappa shape index (κ3) is 5.13. The molecule has 0 N–H and O–H groups in total. The zero-order chi connectivity index (χ0) is 11.2. The Morgan fingerprint density at radius 3 is 1.79 bits per heavy atom. The van der Waals surface area contributed by atoms with Crippen LogP contribution in [0.25, 0.3) is 0 Å². The van der Waals surface area contributed by atoms with Gasteiger partial charge in [0.15, 0.2) is 0 Å². The summed E-state index contributed by atoms with van der Waals surface area (Å²) in [6, 6.07) is 0. The van der Waals surface area contributed by atoms with E-state index in [1.165, 1.54) is 6.42 Å². The molecule has 0 radical (unpaired) electrons. The summed E-state index contributed by atoms with van der Waals surface area (Å²) in [5.74, 6) is 0.758. The van der Waals surface area contributed by atoms with E-state index < -0.39 is 8.80 Å². The van der Waals surface area contributed by atoms with Crippen LogP contribution >= 0.6 is 0 Å². The number of hydrogen-bond acceptors (Lipinski definition) is 2. The molecule has 0 saturated heterocycles. The van der Waals surface area contributed by atoms with Crippen LogP contribution in [0.3, 0.4) is 0 Å². The van der Waals surface area contributed by atoms with Crippen LogP contribution in [-0.4, -0.2) is 35.5 Å². The van der Waals surface area contributed by atoms with Gasteiger partial charge in [0.2, 0.25) is 0 Å². The summed E-state index contributed by atoms with van der Waals surface area (Å²) < 4.78 is 10.6. The van der Waals surface area contributed by atoms with Crippen LogP contribution in [0, 0.1) is 5.92 Å². The molecule has 0 aliphatic carbocycles. The van der Waals surface area contributed by atoms with Crippen molar-refractivity contribution in [3.8, 4) is 0 Å². The first kappa shape index (κ1) is 14.1. The summed E-state index contributed by atoms with van der Waals surface area (Å²) in [6.45, 7) is 9.30. The van der Waals surface area contributed by atoms with E-state index in [4.69, 9.17) is 9.47 Å². The zero-order valence-electron chi connectivity index (χ0n) is 10.6. The van der Waals surface area contributed by atoms with E-state index in [0.717, 1.165) is 18.4 Å². The van der Waals surface area contributed by atoms with E-state index >= 15 is 0 Å². The quantitative estimate of drug-likeness (QED) is 0.611. The van der Waals surface area contributed by atoms with Crippen molar-refractivity contribution in [1.82, 2.24) is 0 Å². The van der Waals surface area contributed by atoms with Crippen molar-refractivity contribution in [2.24, 2.45) is 5.92 Å². The highest BCUT2D eigenvalue weighted by Gasteiger charge is 2.31. The topological polar surface area (TPSA) is 18.5 Å². The SMILES string of the molecule is COC[SiH](COC)C(C)(C)CC(C)C. The molecule has 0 rings (SSSR count). The first-order valence-corrected chi connectivity index (χ1v) is 7.63. The minimum Gasteiger partial charge on any atom is -0.388 e. The van der Waals surface area contributed by atoms with Gasteiger partial charge < -0.3 is 9.47 Å². The predicted molar refractivity (Wildman–Crippen MR) is 64.4 cm³/mol. The third-order valence-corrected chi connectivity index (χ3v) is 6.69. The summed E-state index contributed by atoms with van der Waals surface area (Å²) in [6.07, 6.45) is 3.12. The first-order chi connectivity index (χ1) is 6.44. The van der Waals surface area contributed by atoms with E-state index in [1.807, 2.05) is 0 Å². The second-order valence-electron chi connectivity index (χ2n) is 5.19. The molecule has 0 aromatic rings. The van der Waals surface area contributed by atoms with Crippen molar-refractivity contribution in [1.29, 1.82) is 0 Å². The zero-order valence-corrected chi connectivity index (χ0v) is 11.7. The van der Waals surface area contributed by atoms with Crippen molar-refractivity contribution in [2.75, 3.05) is 26.7 Å². The van der Waals surface area contributed by atoms with Crippen molar-refractivity contribution < 1.29 is 9.47 Å². The normalized spacial score (nSPS) is 12.9. The molecule has 0 bridgehead atoms. The van der Waals surface area contributed by atoms with Gasteiger partial charge in [0.1, 0.15) is 8.80 Å². The summed E-state index contributed by atoms with van der Waals surface area (Å²) in [7, 11) is 2.64. The predicted octanol–water partition coefficient (Wildman–Crippen LogP) is 2.41. The highest BCUT2D eigenvalue weighted by Crippen LogP contribution is 2.36. The number of methoxy groups -OCH3 is 2. The first-order valence-electron chi connectivity index (χ1n) is 5.42.